The van der Waals surface area contributed by atoms with E-state index in [1.807, 2.05) is 18.7 Å². The van der Waals surface area contributed by atoms with Gasteiger partial charge in [0.1, 0.15) is 0 Å². The zero-order valence-corrected chi connectivity index (χ0v) is 21.3. The Morgan fingerprint density at radius 2 is 1.25 bits per heavy atom. The van der Waals surface area contributed by atoms with E-state index in [4.69, 9.17) is 5.11 Å². The average molecular weight is 449 g/mol. The summed E-state index contributed by atoms with van der Waals surface area (Å²) in [6.45, 7) is 5.63. The highest BCUT2D eigenvalue weighted by Gasteiger charge is 1.96. The van der Waals surface area contributed by atoms with Crippen LogP contribution in [-0.4, -0.2) is 20.6 Å². The third-order valence-corrected chi connectivity index (χ3v) is 5.73. The molecule has 1 rings (SSSR count). The van der Waals surface area contributed by atoms with Crippen molar-refractivity contribution in [2.75, 3.05) is 0 Å². The van der Waals surface area contributed by atoms with Gasteiger partial charge in [0.15, 0.2) is 0 Å². The standard InChI is InChI=1S/C18H34O2.C10H18N2/c1-2-3-4-5-6-7-8-9-10-11-12-13-14-15-16-17-18(19)20;1-2-3-4-5-6-8-12-9-7-11-10-12/h9-10H,2-8,11-17H2,1H3,(H,19,20);7,9-10H,2-6,8H2,1H3. The Balaban J connectivity index is 0.000000677. The molecular formula is C28H52N2O2. The summed E-state index contributed by atoms with van der Waals surface area (Å²) in [7, 11) is 0. The topological polar surface area (TPSA) is 55.1 Å². The van der Waals surface area contributed by atoms with Gasteiger partial charge in [-0.3, -0.25) is 4.79 Å². The monoisotopic (exact) mass is 448 g/mol. The Morgan fingerprint density at radius 3 is 1.75 bits per heavy atom. The van der Waals surface area contributed by atoms with Crippen LogP contribution in [0.3, 0.4) is 0 Å². The van der Waals surface area contributed by atoms with Gasteiger partial charge in [-0.15, -0.1) is 0 Å². The van der Waals surface area contributed by atoms with Gasteiger partial charge in [0, 0.05) is 25.4 Å². The molecular weight excluding hydrogens is 396 g/mol. The quantitative estimate of drug-likeness (QED) is 0.151. The van der Waals surface area contributed by atoms with Crippen molar-refractivity contribution >= 4 is 5.97 Å². The minimum Gasteiger partial charge on any atom is -0.481 e. The Bertz CT molecular complexity index is 512. The number of nitrogens with zero attached hydrogens (tertiary/aromatic N) is 2. The summed E-state index contributed by atoms with van der Waals surface area (Å²) in [6.07, 6.45) is 33.7. The summed E-state index contributed by atoms with van der Waals surface area (Å²) < 4.78 is 2.14. The molecule has 4 heteroatoms. The average Bonchev–Trinajstić information content (AvgIpc) is 3.30. The largest absolute Gasteiger partial charge is 0.481 e. The number of imidazole rings is 1. The normalized spacial score (nSPS) is 10.9. The molecule has 0 saturated heterocycles. The highest BCUT2D eigenvalue weighted by molar-refractivity contribution is 5.66. The minimum atomic E-state index is -0.664. The Kier molecular flexibility index (Phi) is 24.4. The second-order valence-electron chi connectivity index (χ2n) is 8.94. The van der Waals surface area contributed by atoms with Gasteiger partial charge < -0.3 is 9.67 Å². The third-order valence-electron chi connectivity index (χ3n) is 5.73. The van der Waals surface area contributed by atoms with Crippen LogP contribution < -0.4 is 0 Å². The molecule has 0 saturated carbocycles. The number of rotatable bonds is 21. The van der Waals surface area contributed by atoms with E-state index >= 15 is 0 Å². The third kappa shape index (κ3) is 24.7. The van der Waals surface area contributed by atoms with Crippen LogP contribution in [0.25, 0.3) is 0 Å². The van der Waals surface area contributed by atoms with Crippen LogP contribution in [0.5, 0.6) is 0 Å². The lowest BCUT2D eigenvalue weighted by molar-refractivity contribution is -0.137. The van der Waals surface area contributed by atoms with Gasteiger partial charge in [-0.25, -0.2) is 4.98 Å². The van der Waals surface area contributed by atoms with Gasteiger partial charge in [-0.1, -0.05) is 103 Å². The molecule has 32 heavy (non-hydrogen) atoms. The highest BCUT2D eigenvalue weighted by Crippen LogP contribution is 2.10. The summed E-state index contributed by atoms with van der Waals surface area (Å²) >= 11 is 0. The Morgan fingerprint density at radius 1 is 0.750 bits per heavy atom. The first kappa shape index (κ1) is 30.4. The lowest BCUT2D eigenvalue weighted by Crippen LogP contribution is -1.93. The molecule has 1 heterocycles. The zero-order chi connectivity index (χ0) is 23.5. The van der Waals surface area contributed by atoms with E-state index in [2.05, 4.69) is 35.6 Å². The van der Waals surface area contributed by atoms with Crippen LogP contribution in [0, 0.1) is 0 Å². The lowest BCUT2D eigenvalue weighted by Gasteiger charge is -2.00. The molecule has 0 amide bonds. The molecule has 0 unspecified atom stereocenters. The van der Waals surface area contributed by atoms with Gasteiger partial charge in [-0.05, 0) is 38.5 Å². The molecule has 0 radical (unpaired) electrons. The number of hydrogen-bond donors (Lipinski definition) is 1. The maximum atomic E-state index is 10.3. The number of hydrogen-bond acceptors (Lipinski definition) is 2. The fraction of sp³-hybridized carbons (Fsp3) is 0.786. The fourth-order valence-electron chi connectivity index (χ4n) is 3.66. The number of allylic oxidation sites excluding steroid dienone is 2. The molecule has 0 aliphatic rings. The second-order valence-corrected chi connectivity index (χ2v) is 8.94. The molecule has 1 aromatic heterocycles. The predicted molar refractivity (Wildman–Crippen MR) is 138 cm³/mol. The molecule has 186 valence electrons. The molecule has 1 N–H and O–H groups in total. The maximum Gasteiger partial charge on any atom is 0.303 e. The smallest absolute Gasteiger partial charge is 0.303 e. The maximum absolute atomic E-state index is 10.3. The number of unbranched alkanes of at least 4 members (excludes halogenated alkanes) is 15. The van der Waals surface area contributed by atoms with Crippen molar-refractivity contribution in [1.82, 2.24) is 9.55 Å². The molecule has 1 aromatic rings. The first-order valence-corrected chi connectivity index (χ1v) is 13.5. The number of aromatic nitrogens is 2. The van der Waals surface area contributed by atoms with Gasteiger partial charge >= 0.3 is 5.97 Å². The predicted octanol–water partition coefficient (Wildman–Crippen LogP) is 8.96. The molecule has 0 aliphatic heterocycles. The van der Waals surface area contributed by atoms with E-state index in [-0.39, 0.29) is 0 Å². The summed E-state index contributed by atoms with van der Waals surface area (Å²) in [5.74, 6) is -0.664. The molecule has 0 bridgehead atoms. The Hall–Kier alpha value is -1.58. The van der Waals surface area contributed by atoms with Gasteiger partial charge in [0.05, 0.1) is 6.33 Å². The van der Waals surface area contributed by atoms with Crippen LogP contribution in [-0.2, 0) is 11.3 Å². The van der Waals surface area contributed by atoms with E-state index in [9.17, 15) is 4.79 Å². The van der Waals surface area contributed by atoms with Crippen molar-refractivity contribution in [3.63, 3.8) is 0 Å². The van der Waals surface area contributed by atoms with Crippen molar-refractivity contribution in [1.29, 1.82) is 0 Å². The van der Waals surface area contributed by atoms with E-state index in [1.54, 1.807) is 0 Å². The summed E-state index contributed by atoms with van der Waals surface area (Å²) in [6, 6.07) is 0. The molecule has 0 aromatic carbocycles. The van der Waals surface area contributed by atoms with Crippen molar-refractivity contribution < 1.29 is 9.90 Å². The minimum absolute atomic E-state index is 0.332. The SMILES string of the molecule is CCCCCCCCC=CCCCCCCCC(=O)O.CCCCCCCn1ccnc1. The van der Waals surface area contributed by atoms with Crippen LogP contribution >= 0.6 is 0 Å². The van der Waals surface area contributed by atoms with Crippen LogP contribution in [0.1, 0.15) is 136 Å². The number of carboxylic acids is 1. The van der Waals surface area contributed by atoms with Crippen LogP contribution in [0.2, 0.25) is 0 Å². The van der Waals surface area contributed by atoms with Gasteiger partial charge in [0.25, 0.3) is 0 Å². The van der Waals surface area contributed by atoms with E-state index in [0.717, 1.165) is 19.4 Å². The van der Waals surface area contributed by atoms with Crippen molar-refractivity contribution in [2.45, 2.75) is 142 Å². The molecule has 0 aliphatic carbocycles. The number of carboxylic acid groups (broad SMARTS) is 1. The van der Waals surface area contributed by atoms with Gasteiger partial charge in [-0.2, -0.15) is 0 Å². The highest BCUT2D eigenvalue weighted by atomic mass is 16.4. The second kappa shape index (κ2) is 25.7. The molecule has 4 nitrogen and oxygen atoms in total. The number of aliphatic carboxylic acids is 1. The first-order chi connectivity index (χ1) is 15.7. The van der Waals surface area contributed by atoms with E-state index < -0.39 is 5.97 Å². The van der Waals surface area contributed by atoms with Crippen LogP contribution in [0.4, 0.5) is 0 Å². The number of aryl methyl sites for hydroxylation is 1. The van der Waals surface area contributed by atoms with E-state index in [1.165, 1.54) is 103 Å². The summed E-state index contributed by atoms with van der Waals surface area (Å²) in [5.41, 5.74) is 0. The fourth-order valence-corrected chi connectivity index (χ4v) is 3.66. The molecule has 0 spiro atoms. The van der Waals surface area contributed by atoms with Crippen molar-refractivity contribution in [3.05, 3.63) is 30.9 Å². The Labute approximate surface area is 198 Å². The molecule has 0 fully saturated rings. The van der Waals surface area contributed by atoms with Crippen LogP contribution in [0.15, 0.2) is 30.9 Å². The zero-order valence-electron chi connectivity index (χ0n) is 21.3. The summed E-state index contributed by atoms with van der Waals surface area (Å²) in [4.78, 5) is 14.3. The lowest BCUT2D eigenvalue weighted by atomic mass is 10.1. The first-order valence-electron chi connectivity index (χ1n) is 13.5. The van der Waals surface area contributed by atoms with Crippen molar-refractivity contribution in [2.24, 2.45) is 0 Å². The van der Waals surface area contributed by atoms with Gasteiger partial charge in [0.2, 0.25) is 0 Å². The van der Waals surface area contributed by atoms with Crippen molar-refractivity contribution in [3.8, 4) is 0 Å². The summed E-state index contributed by atoms with van der Waals surface area (Å²) in [5, 5.41) is 8.51. The number of carbonyl (C=O) groups is 1. The van der Waals surface area contributed by atoms with E-state index in [0.29, 0.717) is 6.42 Å². The molecule has 0 atom stereocenters.